The maximum atomic E-state index is 13.1. The fourth-order valence-corrected chi connectivity index (χ4v) is 2.06. The third-order valence-electron chi connectivity index (χ3n) is 3.34. The van der Waals surface area contributed by atoms with E-state index in [0.29, 0.717) is 16.9 Å². The van der Waals surface area contributed by atoms with Crippen molar-refractivity contribution in [3.05, 3.63) is 47.5 Å². The van der Waals surface area contributed by atoms with Gasteiger partial charge >= 0.3 is 6.18 Å². The first-order valence-electron chi connectivity index (χ1n) is 6.91. The first kappa shape index (κ1) is 16.3. The van der Waals surface area contributed by atoms with Crippen molar-refractivity contribution >= 4 is 5.78 Å². The molecule has 0 fully saturated rings. The summed E-state index contributed by atoms with van der Waals surface area (Å²) in [6.45, 7) is 5.22. The summed E-state index contributed by atoms with van der Waals surface area (Å²) in [6, 6.07) is 3.69. The Morgan fingerprint density at radius 1 is 1.27 bits per heavy atom. The number of carbonyl (C=O) groups excluding carboxylic acids is 1. The number of alkyl halides is 3. The average Bonchev–Trinajstić information content (AvgIpc) is 2.84. The number of imidazole rings is 1. The Morgan fingerprint density at radius 2 is 1.95 bits per heavy atom. The molecule has 1 heterocycles. The van der Waals surface area contributed by atoms with Crippen LogP contribution in [0.4, 0.5) is 13.2 Å². The van der Waals surface area contributed by atoms with E-state index in [0.717, 1.165) is 12.1 Å². The molecule has 2 rings (SSSR count). The van der Waals surface area contributed by atoms with E-state index in [9.17, 15) is 18.0 Å². The molecule has 0 N–H and O–H groups in total. The number of hydrogen-bond acceptors (Lipinski definition) is 2. The molecule has 118 valence electrons. The second-order valence-corrected chi connectivity index (χ2v) is 5.61. The number of aromatic nitrogens is 2. The van der Waals surface area contributed by atoms with Gasteiger partial charge < -0.3 is 4.57 Å². The van der Waals surface area contributed by atoms with Crippen molar-refractivity contribution in [3.8, 4) is 5.69 Å². The third-order valence-corrected chi connectivity index (χ3v) is 3.34. The van der Waals surface area contributed by atoms with Crippen LogP contribution in [0.25, 0.3) is 5.69 Å². The van der Waals surface area contributed by atoms with E-state index in [1.165, 1.54) is 10.9 Å². The minimum absolute atomic E-state index is 0.0116. The normalized spacial score (nSPS) is 12.0. The molecular formula is C16H17F3N2O. The zero-order valence-corrected chi connectivity index (χ0v) is 12.6. The zero-order chi connectivity index (χ0) is 16.5. The van der Waals surface area contributed by atoms with E-state index >= 15 is 0 Å². The van der Waals surface area contributed by atoms with Crippen LogP contribution in [0, 0.1) is 12.8 Å². The van der Waals surface area contributed by atoms with Crippen molar-refractivity contribution in [1.29, 1.82) is 0 Å². The molecule has 0 saturated heterocycles. The minimum atomic E-state index is -4.46. The van der Waals surface area contributed by atoms with Crippen molar-refractivity contribution in [2.75, 3.05) is 0 Å². The molecule has 6 heteroatoms. The van der Waals surface area contributed by atoms with Crippen molar-refractivity contribution < 1.29 is 18.0 Å². The standard InChI is InChI=1S/C16H17F3N2O/c1-10(2)15(22)6-12-4-13(16(17,18)19)7-14(5-12)21-8-11(3)20-9-21/h4-5,7-10H,6H2,1-3H3. The highest BCUT2D eigenvalue weighted by molar-refractivity contribution is 5.82. The summed E-state index contributed by atoms with van der Waals surface area (Å²) in [6.07, 6.45) is -1.37. The average molecular weight is 310 g/mol. The van der Waals surface area contributed by atoms with Crippen LogP contribution >= 0.6 is 0 Å². The maximum Gasteiger partial charge on any atom is 0.416 e. The van der Waals surface area contributed by atoms with Gasteiger partial charge in [0.25, 0.3) is 0 Å². The van der Waals surface area contributed by atoms with Gasteiger partial charge in [0.05, 0.1) is 17.6 Å². The maximum absolute atomic E-state index is 13.1. The second kappa shape index (κ2) is 5.94. The highest BCUT2D eigenvalue weighted by atomic mass is 19.4. The van der Waals surface area contributed by atoms with Gasteiger partial charge in [-0.2, -0.15) is 13.2 Å². The van der Waals surface area contributed by atoms with Gasteiger partial charge in [0.1, 0.15) is 5.78 Å². The summed E-state index contributed by atoms with van der Waals surface area (Å²) in [7, 11) is 0. The number of nitrogens with zero attached hydrogens (tertiary/aromatic N) is 2. The van der Waals surface area contributed by atoms with E-state index in [2.05, 4.69) is 4.98 Å². The summed E-state index contributed by atoms with van der Waals surface area (Å²) in [5, 5.41) is 0. The first-order chi connectivity index (χ1) is 10.2. The number of ketones is 1. The molecule has 0 aliphatic rings. The Balaban J connectivity index is 2.48. The van der Waals surface area contributed by atoms with Crippen LogP contribution in [0.15, 0.2) is 30.7 Å². The molecule has 0 spiro atoms. The molecule has 0 amide bonds. The van der Waals surface area contributed by atoms with Gasteiger partial charge in [0.2, 0.25) is 0 Å². The lowest BCUT2D eigenvalue weighted by molar-refractivity contribution is -0.137. The fraction of sp³-hybridized carbons (Fsp3) is 0.375. The SMILES string of the molecule is Cc1cn(-c2cc(CC(=O)C(C)C)cc(C(F)(F)F)c2)cn1. The lowest BCUT2D eigenvalue weighted by atomic mass is 9.99. The quantitative estimate of drug-likeness (QED) is 0.856. The zero-order valence-electron chi connectivity index (χ0n) is 12.6. The molecule has 0 radical (unpaired) electrons. The summed E-state index contributed by atoms with van der Waals surface area (Å²) in [5.41, 5.74) is 0.650. The number of rotatable bonds is 4. The van der Waals surface area contributed by atoms with Gasteiger partial charge in [0, 0.05) is 24.2 Å². The predicted molar refractivity (Wildman–Crippen MR) is 76.9 cm³/mol. The number of benzene rings is 1. The Bertz CT molecular complexity index is 687. The Kier molecular flexibility index (Phi) is 4.39. The van der Waals surface area contributed by atoms with Crippen LogP contribution < -0.4 is 0 Å². The van der Waals surface area contributed by atoms with Crippen LogP contribution in [-0.2, 0) is 17.4 Å². The Hall–Kier alpha value is -2.11. The number of aryl methyl sites for hydroxylation is 1. The number of hydrogen-bond donors (Lipinski definition) is 0. The van der Waals surface area contributed by atoms with Gasteiger partial charge in [-0.25, -0.2) is 4.98 Å². The number of halogens is 3. The molecule has 22 heavy (non-hydrogen) atoms. The number of carbonyl (C=O) groups is 1. The lowest BCUT2D eigenvalue weighted by Crippen LogP contribution is -2.12. The van der Waals surface area contributed by atoms with Crippen molar-refractivity contribution in [3.63, 3.8) is 0 Å². The highest BCUT2D eigenvalue weighted by Gasteiger charge is 2.31. The smallest absolute Gasteiger partial charge is 0.306 e. The van der Waals surface area contributed by atoms with Crippen molar-refractivity contribution in [1.82, 2.24) is 9.55 Å². The lowest BCUT2D eigenvalue weighted by Gasteiger charge is -2.13. The minimum Gasteiger partial charge on any atom is -0.306 e. The van der Waals surface area contributed by atoms with Gasteiger partial charge in [-0.15, -0.1) is 0 Å². The van der Waals surface area contributed by atoms with Crippen LogP contribution in [0.5, 0.6) is 0 Å². The first-order valence-corrected chi connectivity index (χ1v) is 6.91. The topological polar surface area (TPSA) is 34.9 Å². The third kappa shape index (κ3) is 3.75. The second-order valence-electron chi connectivity index (χ2n) is 5.61. The van der Waals surface area contributed by atoms with E-state index < -0.39 is 11.7 Å². The molecule has 0 atom stereocenters. The molecule has 0 saturated carbocycles. The van der Waals surface area contributed by atoms with Gasteiger partial charge in [-0.1, -0.05) is 13.8 Å². The molecule has 2 aromatic rings. The molecule has 0 bridgehead atoms. The highest BCUT2D eigenvalue weighted by Crippen LogP contribution is 2.32. The Labute approximate surface area is 126 Å². The van der Waals surface area contributed by atoms with Crippen molar-refractivity contribution in [2.24, 2.45) is 5.92 Å². The fourth-order valence-electron chi connectivity index (χ4n) is 2.06. The molecule has 1 aromatic carbocycles. The van der Waals surface area contributed by atoms with Crippen LogP contribution in [0.3, 0.4) is 0 Å². The molecular weight excluding hydrogens is 293 g/mol. The van der Waals surface area contributed by atoms with Crippen molar-refractivity contribution in [2.45, 2.75) is 33.4 Å². The van der Waals surface area contributed by atoms with Crippen LogP contribution in [0.1, 0.15) is 30.7 Å². The molecule has 0 aliphatic heterocycles. The van der Waals surface area contributed by atoms with E-state index in [1.807, 2.05) is 0 Å². The van der Waals surface area contributed by atoms with Gasteiger partial charge in [0.15, 0.2) is 0 Å². The molecule has 0 aliphatic carbocycles. The van der Waals surface area contributed by atoms with Crippen LogP contribution in [-0.4, -0.2) is 15.3 Å². The molecule has 3 nitrogen and oxygen atoms in total. The largest absolute Gasteiger partial charge is 0.416 e. The van der Waals surface area contributed by atoms with Gasteiger partial charge in [-0.3, -0.25) is 4.79 Å². The Morgan fingerprint density at radius 3 is 2.45 bits per heavy atom. The van der Waals surface area contributed by atoms with E-state index in [4.69, 9.17) is 0 Å². The predicted octanol–water partition coefficient (Wildman–Crippen LogP) is 3.97. The number of Topliss-reactive ketones (excluding diaryl/α,β-unsaturated/α-hetero) is 1. The van der Waals surface area contributed by atoms with E-state index in [-0.39, 0.29) is 18.1 Å². The summed E-state index contributed by atoms with van der Waals surface area (Å²) in [5.74, 6) is -0.305. The summed E-state index contributed by atoms with van der Waals surface area (Å²) < 4.78 is 40.7. The summed E-state index contributed by atoms with van der Waals surface area (Å²) >= 11 is 0. The van der Waals surface area contributed by atoms with Crippen LogP contribution in [0.2, 0.25) is 0 Å². The summed E-state index contributed by atoms with van der Waals surface area (Å²) in [4.78, 5) is 15.8. The van der Waals surface area contributed by atoms with Gasteiger partial charge in [-0.05, 0) is 30.7 Å². The molecule has 1 aromatic heterocycles. The monoisotopic (exact) mass is 310 g/mol. The van der Waals surface area contributed by atoms with E-state index in [1.54, 1.807) is 33.0 Å². The molecule has 0 unspecified atom stereocenters.